The van der Waals surface area contributed by atoms with Crippen LogP contribution in [0.1, 0.15) is 5.56 Å². The molecule has 152 valence electrons. The lowest BCUT2D eigenvalue weighted by Gasteiger charge is -2.11. The minimum atomic E-state index is -4.67. The van der Waals surface area contributed by atoms with E-state index in [4.69, 9.17) is 0 Å². The fraction of sp³-hybridized carbons (Fsp3) is 0.111. The van der Waals surface area contributed by atoms with E-state index in [1.165, 1.54) is 11.3 Å². The molecule has 2 N–H and O–H groups in total. The summed E-state index contributed by atoms with van der Waals surface area (Å²) in [6, 6.07) is 10.1. The smallest absolute Gasteiger partial charge is 0.325 e. The summed E-state index contributed by atoms with van der Waals surface area (Å²) in [6.45, 7) is -0.632. The van der Waals surface area contributed by atoms with Crippen LogP contribution in [0, 0.1) is 0 Å². The molecule has 0 aliphatic rings. The molecule has 3 rings (SSSR count). The molecule has 29 heavy (non-hydrogen) atoms. The van der Waals surface area contributed by atoms with Gasteiger partial charge in [-0.15, -0.1) is 11.3 Å². The molecule has 0 bridgehead atoms. The van der Waals surface area contributed by atoms with Gasteiger partial charge in [0.15, 0.2) is 0 Å². The van der Waals surface area contributed by atoms with Crippen molar-refractivity contribution in [2.45, 2.75) is 11.1 Å². The van der Waals surface area contributed by atoms with E-state index in [-0.39, 0.29) is 0 Å². The Morgan fingerprint density at radius 3 is 2.45 bits per heavy atom. The van der Waals surface area contributed by atoms with Crippen molar-refractivity contribution in [3.63, 3.8) is 0 Å². The molecule has 3 aromatic rings. The van der Waals surface area contributed by atoms with E-state index in [1.54, 1.807) is 30.5 Å². The summed E-state index contributed by atoms with van der Waals surface area (Å²) in [5.74, 6) is -0.664. The Morgan fingerprint density at radius 2 is 1.83 bits per heavy atom. The van der Waals surface area contributed by atoms with Gasteiger partial charge < -0.3 is 5.32 Å². The van der Waals surface area contributed by atoms with Gasteiger partial charge in [-0.05, 0) is 42.5 Å². The predicted molar refractivity (Wildman–Crippen MR) is 103 cm³/mol. The normalized spacial score (nSPS) is 12.0. The Kier molecular flexibility index (Phi) is 6.01. The molecule has 0 saturated carbocycles. The van der Waals surface area contributed by atoms with E-state index >= 15 is 0 Å². The number of sulfonamides is 1. The van der Waals surface area contributed by atoms with Crippen LogP contribution in [-0.4, -0.2) is 25.9 Å². The molecule has 6 nitrogen and oxygen atoms in total. The van der Waals surface area contributed by atoms with Crippen LogP contribution in [0.3, 0.4) is 0 Å². The molecule has 1 amide bonds. The van der Waals surface area contributed by atoms with Crippen molar-refractivity contribution in [2.75, 3.05) is 11.9 Å². The van der Waals surface area contributed by atoms with Crippen molar-refractivity contribution in [3.8, 4) is 10.6 Å². The quantitative estimate of drug-likeness (QED) is 0.610. The number of halogens is 3. The van der Waals surface area contributed by atoms with Gasteiger partial charge in [-0.25, -0.2) is 18.1 Å². The molecule has 0 aliphatic heterocycles. The number of rotatable bonds is 6. The van der Waals surface area contributed by atoms with E-state index in [2.05, 4.69) is 10.3 Å². The molecule has 11 heteroatoms. The third-order valence-electron chi connectivity index (χ3n) is 3.74. The molecule has 0 unspecified atom stereocenters. The van der Waals surface area contributed by atoms with Gasteiger partial charge in [0, 0.05) is 22.8 Å². The largest absolute Gasteiger partial charge is 0.416 e. The highest BCUT2D eigenvalue weighted by Crippen LogP contribution is 2.30. The summed E-state index contributed by atoms with van der Waals surface area (Å²) in [6.07, 6.45) is -3.00. The molecule has 0 spiro atoms. The molecule has 0 atom stereocenters. The highest BCUT2D eigenvalue weighted by atomic mass is 32.2. The summed E-state index contributed by atoms with van der Waals surface area (Å²) in [5.41, 5.74) is 0.210. The summed E-state index contributed by atoms with van der Waals surface area (Å²) in [7, 11) is -4.28. The second kappa shape index (κ2) is 8.31. The van der Waals surface area contributed by atoms with Crippen molar-refractivity contribution in [3.05, 3.63) is 65.7 Å². The van der Waals surface area contributed by atoms with Gasteiger partial charge in [-0.3, -0.25) is 4.79 Å². The monoisotopic (exact) mass is 441 g/mol. The third-order valence-corrected chi connectivity index (χ3v) is 5.96. The maximum Gasteiger partial charge on any atom is 0.416 e. The Labute approximate surface area is 168 Å². The predicted octanol–water partition coefficient (Wildman–Crippen LogP) is 3.75. The van der Waals surface area contributed by atoms with Crippen LogP contribution in [0.15, 0.2) is 65.0 Å². The number of carbonyl (C=O) groups excluding carboxylic acids is 1. The topological polar surface area (TPSA) is 88.2 Å². The fourth-order valence-electron chi connectivity index (χ4n) is 2.35. The number of carbonyl (C=O) groups is 1. The van der Waals surface area contributed by atoms with Crippen LogP contribution in [0.2, 0.25) is 0 Å². The van der Waals surface area contributed by atoms with Gasteiger partial charge in [0.1, 0.15) is 5.01 Å². The molecule has 1 aromatic heterocycles. The summed E-state index contributed by atoms with van der Waals surface area (Å²) >= 11 is 1.46. The van der Waals surface area contributed by atoms with Crippen LogP contribution in [0.25, 0.3) is 10.6 Å². The van der Waals surface area contributed by atoms with E-state index in [9.17, 15) is 26.4 Å². The number of amides is 1. The van der Waals surface area contributed by atoms with Crippen molar-refractivity contribution in [1.29, 1.82) is 0 Å². The van der Waals surface area contributed by atoms with Crippen LogP contribution in [0.4, 0.5) is 18.9 Å². The first-order valence-electron chi connectivity index (χ1n) is 8.12. The Bertz CT molecular complexity index is 1100. The lowest BCUT2D eigenvalue weighted by molar-refractivity contribution is -0.137. The first kappa shape index (κ1) is 21.0. The van der Waals surface area contributed by atoms with Gasteiger partial charge in [0.25, 0.3) is 0 Å². The molecule has 0 aliphatic carbocycles. The van der Waals surface area contributed by atoms with Gasteiger partial charge >= 0.3 is 6.18 Å². The van der Waals surface area contributed by atoms with Gasteiger partial charge in [0.2, 0.25) is 15.9 Å². The lowest BCUT2D eigenvalue weighted by atomic mass is 10.2. The zero-order valence-corrected chi connectivity index (χ0v) is 16.2. The number of benzene rings is 2. The van der Waals surface area contributed by atoms with E-state index in [0.717, 1.165) is 28.8 Å². The van der Waals surface area contributed by atoms with Gasteiger partial charge in [0.05, 0.1) is 17.0 Å². The van der Waals surface area contributed by atoms with Gasteiger partial charge in [-0.2, -0.15) is 13.2 Å². The second-order valence-corrected chi connectivity index (χ2v) is 8.47. The van der Waals surface area contributed by atoms with E-state index in [0.29, 0.717) is 11.8 Å². The molecular weight excluding hydrogens is 427 g/mol. The Hall–Kier alpha value is -2.76. The molecule has 0 radical (unpaired) electrons. The van der Waals surface area contributed by atoms with Crippen LogP contribution in [0.5, 0.6) is 0 Å². The third kappa shape index (κ3) is 5.40. The van der Waals surface area contributed by atoms with Crippen LogP contribution in [-0.2, 0) is 21.0 Å². The van der Waals surface area contributed by atoms with Crippen molar-refractivity contribution < 1.29 is 26.4 Å². The van der Waals surface area contributed by atoms with Gasteiger partial charge in [-0.1, -0.05) is 6.07 Å². The fourth-order valence-corrected chi connectivity index (χ4v) is 4.02. The second-order valence-electron chi connectivity index (χ2n) is 5.81. The number of aromatic nitrogens is 1. The minimum absolute atomic E-state index is 0.438. The average Bonchev–Trinajstić information content (AvgIpc) is 3.21. The number of hydrogen-bond donors (Lipinski definition) is 2. The maximum atomic E-state index is 12.7. The highest BCUT2D eigenvalue weighted by Gasteiger charge is 2.31. The van der Waals surface area contributed by atoms with Crippen molar-refractivity contribution >= 4 is 33.0 Å². The van der Waals surface area contributed by atoms with E-state index < -0.39 is 39.1 Å². The summed E-state index contributed by atoms with van der Waals surface area (Å²) < 4.78 is 64.6. The summed E-state index contributed by atoms with van der Waals surface area (Å²) in [4.78, 5) is 15.6. The molecule has 0 fully saturated rings. The number of nitrogens with zero attached hydrogens (tertiary/aromatic N) is 1. The first-order valence-corrected chi connectivity index (χ1v) is 10.5. The summed E-state index contributed by atoms with van der Waals surface area (Å²) in [5, 5.41) is 5.16. The zero-order valence-electron chi connectivity index (χ0n) is 14.6. The molecular formula is C18H14F3N3O3S2. The average molecular weight is 441 g/mol. The number of alkyl halides is 3. The first-order chi connectivity index (χ1) is 13.6. The van der Waals surface area contributed by atoms with Crippen molar-refractivity contribution in [1.82, 2.24) is 9.71 Å². The molecule has 0 saturated heterocycles. The highest BCUT2D eigenvalue weighted by molar-refractivity contribution is 7.89. The SMILES string of the molecule is O=C(CNS(=O)(=O)c1cccc(C(F)(F)F)c1)Nc1ccc(-c2nccs2)cc1. The Morgan fingerprint density at radius 1 is 1.10 bits per heavy atom. The van der Waals surface area contributed by atoms with Crippen molar-refractivity contribution in [2.24, 2.45) is 0 Å². The molecule has 1 heterocycles. The zero-order chi connectivity index (χ0) is 21.1. The minimum Gasteiger partial charge on any atom is -0.325 e. The number of thiazole rings is 1. The number of anilines is 1. The maximum absolute atomic E-state index is 12.7. The van der Waals surface area contributed by atoms with Crippen LogP contribution >= 0.6 is 11.3 Å². The number of nitrogens with one attached hydrogen (secondary N) is 2. The van der Waals surface area contributed by atoms with Crippen LogP contribution < -0.4 is 10.0 Å². The Balaban J connectivity index is 1.61. The standard InChI is InChI=1S/C18H14F3N3O3S2/c19-18(20,21)13-2-1-3-15(10-13)29(26,27)23-11-16(25)24-14-6-4-12(5-7-14)17-22-8-9-28-17/h1-10,23H,11H2,(H,24,25). The number of hydrogen-bond acceptors (Lipinski definition) is 5. The van der Waals surface area contributed by atoms with E-state index in [1.807, 2.05) is 10.1 Å². The molecule has 2 aromatic carbocycles. The lowest BCUT2D eigenvalue weighted by Crippen LogP contribution is -2.33.